The lowest BCUT2D eigenvalue weighted by atomic mass is 10.1. The molecule has 0 saturated carbocycles. The van der Waals surface area contributed by atoms with Gasteiger partial charge in [0.1, 0.15) is 0 Å². The average Bonchev–Trinajstić information content (AvgIpc) is 2.79. The molecule has 19 heavy (non-hydrogen) atoms. The van der Waals surface area contributed by atoms with Crippen LogP contribution in [0.5, 0.6) is 0 Å². The smallest absolute Gasteiger partial charge is 0.216 e. The summed E-state index contributed by atoms with van der Waals surface area (Å²) in [5.74, 6) is 0.980. The lowest BCUT2D eigenvalue weighted by molar-refractivity contribution is 0.754. The van der Waals surface area contributed by atoms with Crippen molar-refractivity contribution in [3.05, 3.63) is 17.0 Å². The zero-order chi connectivity index (χ0) is 13.8. The van der Waals surface area contributed by atoms with Crippen molar-refractivity contribution in [3.8, 4) is 6.07 Å². The van der Waals surface area contributed by atoms with Crippen molar-refractivity contribution in [2.24, 2.45) is 0 Å². The Labute approximate surface area is 117 Å². The van der Waals surface area contributed by atoms with Gasteiger partial charge in [-0.15, -0.1) is 5.10 Å². The number of nitrogens with zero attached hydrogens (tertiary/aromatic N) is 5. The number of thioether (sulfide) groups is 1. The highest BCUT2D eigenvalue weighted by atomic mass is 32.2. The second kappa shape index (κ2) is 6.02. The first kappa shape index (κ1) is 13.8. The molecule has 0 unspecified atom stereocenters. The molecule has 2 heterocycles. The minimum Gasteiger partial charge on any atom is -0.216 e. The van der Waals surface area contributed by atoms with E-state index in [1.807, 2.05) is 6.92 Å². The number of rotatable bonds is 5. The minimum atomic E-state index is 0.359. The molecule has 0 atom stereocenters. The Bertz CT molecular complexity index is 626. The lowest BCUT2D eigenvalue weighted by Gasteiger charge is -2.09. The summed E-state index contributed by atoms with van der Waals surface area (Å²) in [7, 11) is 0. The summed E-state index contributed by atoms with van der Waals surface area (Å²) in [6.45, 7) is 6.26. The molecular formula is C13H17N5S. The molecule has 0 fully saturated rings. The van der Waals surface area contributed by atoms with Crippen LogP contribution < -0.4 is 0 Å². The molecule has 0 amide bonds. The quantitative estimate of drug-likeness (QED) is 0.785. The van der Waals surface area contributed by atoms with Gasteiger partial charge in [0.25, 0.3) is 5.78 Å². The van der Waals surface area contributed by atoms with Crippen LogP contribution in [0.1, 0.15) is 36.7 Å². The summed E-state index contributed by atoms with van der Waals surface area (Å²) in [5.41, 5.74) is 3.39. The number of hydrogen-bond acceptors (Lipinski definition) is 5. The molecule has 0 aliphatic carbocycles. The van der Waals surface area contributed by atoms with Crippen LogP contribution in [0.3, 0.4) is 0 Å². The fourth-order valence-electron chi connectivity index (χ4n) is 2.06. The van der Waals surface area contributed by atoms with E-state index in [0.717, 1.165) is 30.7 Å². The molecule has 0 spiro atoms. The summed E-state index contributed by atoms with van der Waals surface area (Å²) in [6, 6.07) is 2.08. The van der Waals surface area contributed by atoms with Crippen molar-refractivity contribution in [1.29, 1.82) is 5.26 Å². The van der Waals surface area contributed by atoms with Crippen LogP contribution in [0.25, 0.3) is 5.78 Å². The van der Waals surface area contributed by atoms with E-state index in [1.165, 1.54) is 17.3 Å². The van der Waals surface area contributed by atoms with Crippen LogP contribution in [-0.2, 0) is 6.42 Å². The number of hydrogen-bond donors (Lipinski definition) is 0. The van der Waals surface area contributed by atoms with Gasteiger partial charge in [-0.1, -0.05) is 25.1 Å². The molecule has 2 aromatic heterocycles. The number of fused-ring (bicyclic) bond motifs is 1. The molecule has 0 radical (unpaired) electrons. The van der Waals surface area contributed by atoms with Crippen molar-refractivity contribution in [2.45, 2.75) is 45.2 Å². The van der Waals surface area contributed by atoms with Crippen molar-refractivity contribution < 1.29 is 0 Å². The lowest BCUT2D eigenvalue weighted by Crippen LogP contribution is -2.05. The maximum atomic E-state index is 8.59. The van der Waals surface area contributed by atoms with Gasteiger partial charge in [0.05, 0.1) is 11.8 Å². The first-order valence-electron chi connectivity index (χ1n) is 6.40. The molecule has 5 nitrogen and oxygen atoms in total. The Hall–Kier alpha value is -1.61. The zero-order valence-electron chi connectivity index (χ0n) is 11.5. The van der Waals surface area contributed by atoms with Crippen LogP contribution in [0.15, 0.2) is 5.16 Å². The maximum Gasteiger partial charge on any atom is 0.253 e. The molecule has 0 N–H and O–H groups in total. The first-order chi connectivity index (χ1) is 9.17. The third-order valence-corrected chi connectivity index (χ3v) is 3.78. The van der Waals surface area contributed by atoms with E-state index in [9.17, 15) is 0 Å². The number of aryl methyl sites for hydroxylation is 2. The minimum absolute atomic E-state index is 0.359. The highest BCUT2D eigenvalue weighted by Crippen LogP contribution is 2.19. The molecular weight excluding hydrogens is 258 g/mol. The summed E-state index contributed by atoms with van der Waals surface area (Å²) >= 11 is 1.34. The van der Waals surface area contributed by atoms with Gasteiger partial charge >= 0.3 is 0 Å². The SMILES string of the molecule is CCCCc1c(C)nc2nc(SCC#N)nn2c1C. The summed E-state index contributed by atoms with van der Waals surface area (Å²) < 4.78 is 1.79. The normalized spacial score (nSPS) is 10.8. The number of aromatic nitrogens is 4. The van der Waals surface area contributed by atoms with E-state index in [2.05, 4.69) is 35.0 Å². The molecule has 0 aliphatic heterocycles. The molecule has 0 aliphatic rings. The van der Waals surface area contributed by atoms with Gasteiger partial charge in [-0.3, -0.25) is 0 Å². The van der Waals surface area contributed by atoms with E-state index in [4.69, 9.17) is 5.26 Å². The van der Waals surface area contributed by atoms with Gasteiger partial charge in [-0.05, 0) is 32.3 Å². The van der Waals surface area contributed by atoms with Crippen molar-refractivity contribution in [3.63, 3.8) is 0 Å². The van der Waals surface area contributed by atoms with Gasteiger partial charge in [0.2, 0.25) is 5.16 Å². The van der Waals surface area contributed by atoms with E-state index in [0.29, 0.717) is 16.7 Å². The number of unbranched alkanes of at least 4 members (excludes halogenated alkanes) is 1. The van der Waals surface area contributed by atoms with Gasteiger partial charge < -0.3 is 0 Å². The van der Waals surface area contributed by atoms with Gasteiger partial charge in [-0.2, -0.15) is 10.2 Å². The zero-order valence-corrected chi connectivity index (χ0v) is 12.3. The van der Waals surface area contributed by atoms with Crippen LogP contribution >= 0.6 is 11.8 Å². The van der Waals surface area contributed by atoms with Crippen molar-refractivity contribution in [2.75, 3.05) is 5.75 Å². The standard InChI is InChI=1S/C13H17N5S/c1-4-5-6-11-9(2)15-12-16-13(19-8-7-14)17-18(12)10(11)3/h4-6,8H2,1-3H3. The average molecular weight is 275 g/mol. The molecule has 0 saturated heterocycles. The fourth-order valence-corrected chi connectivity index (χ4v) is 2.54. The molecule has 0 bridgehead atoms. The van der Waals surface area contributed by atoms with E-state index in [-0.39, 0.29) is 0 Å². The highest BCUT2D eigenvalue weighted by molar-refractivity contribution is 7.99. The van der Waals surface area contributed by atoms with E-state index in [1.54, 1.807) is 4.52 Å². The number of nitriles is 1. The molecule has 100 valence electrons. The van der Waals surface area contributed by atoms with Crippen LogP contribution in [0.2, 0.25) is 0 Å². The third kappa shape index (κ3) is 2.87. The predicted molar refractivity (Wildman–Crippen MR) is 75.2 cm³/mol. The van der Waals surface area contributed by atoms with Crippen LogP contribution in [0, 0.1) is 25.2 Å². The Morgan fingerprint density at radius 2 is 2.11 bits per heavy atom. The van der Waals surface area contributed by atoms with Crippen LogP contribution in [0.4, 0.5) is 0 Å². The van der Waals surface area contributed by atoms with Crippen molar-refractivity contribution in [1.82, 2.24) is 19.6 Å². The van der Waals surface area contributed by atoms with Gasteiger partial charge in [-0.25, -0.2) is 9.50 Å². The van der Waals surface area contributed by atoms with Crippen molar-refractivity contribution >= 4 is 17.5 Å². The topological polar surface area (TPSA) is 66.9 Å². The Balaban J connectivity index is 2.42. The maximum absolute atomic E-state index is 8.59. The molecule has 0 aromatic carbocycles. The van der Waals surface area contributed by atoms with Crippen LogP contribution in [-0.4, -0.2) is 25.3 Å². The molecule has 2 aromatic rings. The van der Waals surface area contributed by atoms with E-state index < -0.39 is 0 Å². The first-order valence-corrected chi connectivity index (χ1v) is 7.38. The van der Waals surface area contributed by atoms with Gasteiger partial charge in [0, 0.05) is 11.4 Å². The fraction of sp³-hybridized carbons (Fsp3) is 0.538. The summed E-state index contributed by atoms with van der Waals surface area (Å²) in [4.78, 5) is 8.86. The molecule has 6 heteroatoms. The Kier molecular flexibility index (Phi) is 4.38. The highest BCUT2D eigenvalue weighted by Gasteiger charge is 2.13. The second-order valence-electron chi connectivity index (χ2n) is 4.42. The predicted octanol–water partition coefficient (Wildman–Crippen LogP) is 2.70. The Morgan fingerprint density at radius 3 is 2.79 bits per heavy atom. The third-order valence-electron chi connectivity index (χ3n) is 3.08. The van der Waals surface area contributed by atoms with E-state index >= 15 is 0 Å². The Morgan fingerprint density at radius 1 is 1.32 bits per heavy atom. The second-order valence-corrected chi connectivity index (χ2v) is 5.36. The largest absolute Gasteiger partial charge is 0.253 e. The summed E-state index contributed by atoms with van der Waals surface area (Å²) in [6.07, 6.45) is 3.34. The summed E-state index contributed by atoms with van der Waals surface area (Å²) in [5, 5.41) is 13.6. The monoisotopic (exact) mass is 275 g/mol. The van der Waals surface area contributed by atoms with Gasteiger partial charge in [0.15, 0.2) is 0 Å². The molecule has 2 rings (SSSR count).